The van der Waals surface area contributed by atoms with Crippen LogP contribution in [-0.4, -0.2) is 19.6 Å². The van der Waals surface area contributed by atoms with Crippen molar-refractivity contribution in [2.75, 3.05) is 24.3 Å². The molecule has 0 fully saturated rings. The Morgan fingerprint density at radius 3 is 2.58 bits per heavy atom. The lowest BCUT2D eigenvalue weighted by Crippen LogP contribution is -2.17. The smallest absolute Gasteiger partial charge is 0.226 e. The summed E-state index contributed by atoms with van der Waals surface area (Å²) in [6, 6.07) is 9.11. The molecule has 24 heavy (non-hydrogen) atoms. The maximum absolute atomic E-state index is 12.1. The number of ether oxygens (including phenoxy) is 1. The molecule has 0 atom stereocenters. The van der Waals surface area contributed by atoms with E-state index in [-0.39, 0.29) is 5.91 Å². The highest BCUT2D eigenvalue weighted by atomic mass is 35.5. The number of rotatable bonds is 6. The van der Waals surface area contributed by atoms with Crippen molar-refractivity contribution < 1.29 is 9.53 Å². The molecule has 2 N–H and O–H groups in total. The van der Waals surface area contributed by atoms with E-state index in [0.717, 1.165) is 16.8 Å². The average molecular weight is 367 g/mol. The summed E-state index contributed by atoms with van der Waals surface area (Å²) in [5.41, 5.74) is 3.41. The van der Waals surface area contributed by atoms with Crippen molar-refractivity contribution in [2.45, 2.75) is 20.3 Å². The first kappa shape index (κ1) is 18.4. The molecule has 0 saturated heterocycles. The Morgan fingerprint density at radius 2 is 1.92 bits per heavy atom. The van der Waals surface area contributed by atoms with Crippen LogP contribution in [0.2, 0.25) is 10.0 Å². The molecule has 0 aromatic heterocycles. The first-order valence-electron chi connectivity index (χ1n) is 7.54. The van der Waals surface area contributed by atoms with Gasteiger partial charge in [-0.15, -0.1) is 0 Å². The summed E-state index contributed by atoms with van der Waals surface area (Å²) >= 11 is 12.2. The lowest BCUT2D eigenvalue weighted by Gasteiger charge is -2.13. The fraction of sp³-hybridized carbons (Fsp3) is 0.278. The molecule has 0 aliphatic carbocycles. The molecular formula is C18H20Cl2N2O2. The number of aryl methyl sites for hydroxylation is 2. The number of hydrogen-bond acceptors (Lipinski definition) is 3. The van der Waals surface area contributed by atoms with Crippen LogP contribution in [0.15, 0.2) is 30.3 Å². The van der Waals surface area contributed by atoms with Crippen LogP contribution >= 0.6 is 23.2 Å². The van der Waals surface area contributed by atoms with Crippen LogP contribution in [0.5, 0.6) is 5.75 Å². The van der Waals surface area contributed by atoms with Crippen molar-refractivity contribution in [2.24, 2.45) is 0 Å². The molecule has 0 unspecified atom stereocenters. The number of hydrogen-bond donors (Lipinski definition) is 2. The average Bonchev–Trinajstić information content (AvgIpc) is 2.51. The van der Waals surface area contributed by atoms with E-state index in [1.165, 1.54) is 0 Å². The van der Waals surface area contributed by atoms with Crippen LogP contribution in [0.3, 0.4) is 0 Å². The first-order chi connectivity index (χ1) is 11.4. The number of halogens is 2. The summed E-state index contributed by atoms with van der Waals surface area (Å²) in [5, 5.41) is 7.17. The maximum atomic E-state index is 12.1. The SMILES string of the molecule is COc1ccc(Cl)cc1NCCC(=O)Nc1c(C)cc(C)cc1Cl. The topological polar surface area (TPSA) is 50.4 Å². The number of anilines is 2. The Bertz CT molecular complexity index is 725. The van der Waals surface area contributed by atoms with E-state index in [1.807, 2.05) is 26.0 Å². The van der Waals surface area contributed by atoms with Crippen LogP contribution in [-0.2, 0) is 4.79 Å². The molecule has 0 heterocycles. The van der Waals surface area contributed by atoms with Gasteiger partial charge in [0.25, 0.3) is 0 Å². The van der Waals surface area contributed by atoms with Crippen LogP contribution in [0, 0.1) is 13.8 Å². The Labute approximate surface area is 152 Å². The molecule has 0 saturated carbocycles. The van der Waals surface area contributed by atoms with E-state index in [1.54, 1.807) is 25.3 Å². The van der Waals surface area contributed by atoms with Crippen molar-refractivity contribution >= 4 is 40.5 Å². The Balaban J connectivity index is 1.94. The predicted octanol–water partition coefficient (Wildman–Crippen LogP) is 5.06. The second kappa shape index (κ2) is 8.27. The van der Waals surface area contributed by atoms with Gasteiger partial charge in [-0.3, -0.25) is 4.79 Å². The summed E-state index contributed by atoms with van der Waals surface area (Å²) in [5.74, 6) is 0.564. The van der Waals surface area contributed by atoms with Gasteiger partial charge in [-0.05, 0) is 49.2 Å². The van der Waals surface area contributed by atoms with E-state index in [4.69, 9.17) is 27.9 Å². The molecule has 0 spiro atoms. The van der Waals surface area contributed by atoms with Crippen molar-refractivity contribution in [3.63, 3.8) is 0 Å². The highest BCUT2D eigenvalue weighted by molar-refractivity contribution is 6.34. The third-order valence-corrected chi connectivity index (χ3v) is 4.06. The van der Waals surface area contributed by atoms with Gasteiger partial charge in [0.1, 0.15) is 5.75 Å². The second-order valence-corrected chi connectivity index (χ2v) is 6.35. The summed E-state index contributed by atoms with van der Waals surface area (Å²) in [4.78, 5) is 12.1. The fourth-order valence-corrected chi connectivity index (χ4v) is 2.95. The van der Waals surface area contributed by atoms with Crippen LogP contribution in [0.1, 0.15) is 17.5 Å². The van der Waals surface area contributed by atoms with Gasteiger partial charge in [0.2, 0.25) is 5.91 Å². The number of amides is 1. The molecule has 2 aromatic carbocycles. The second-order valence-electron chi connectivity index (χ2n) is 5.51. The normalized spacial score (nSPS) is 10.4. The van der Waals surface area contributed by atoms with Gasteiger partial charge >= 0.3 is 0 Å². The zero-order valence-corrected chi connectivity index (χ0v) is 15.4. The largest absolute Gasteiger partial charge is 0.495 e. The highest BCUT2D eigenvalue weighted by Crippen LogP contribution is 2.28. The molecule has 2 rings (SSSR count). The van der Waals surface area contributed by atoms with E-state index in [2.05, 4.69) is 10.6 Å². The third-order valence-electron chi connectivity index (χ3n) is 3.53. The Kier molecular flexibility index (Phi) is 6.35. The van der Waals surface area contributed by atoms with Gasteiger partial charge in [0, 0.05) is 18.0 Å². The van der Waals surface area contributed by atoms with Crippen molar-refractivity contribution in [3.8, 4) is 5.75 Å². The molecule has 128 valence electrons. The summed E-state index contributed by atoms with van der Waals surface area (Å²) < 4.78 is 5.26. The van der Waals surface area contributed by atoms with Gasteiger partial charge in [0.05, 0.1) is 23.5 Å². The van der Waals surface area contributed by atoms with Crippen LogP contribution in [0.4, 0.5) is 11.4 Å². The van der Waals surface area contributed by atoms with Crippen molar-refractivity contribution in [3.05, 3.63) is 51.5 Å². The zero-order valence-electron chi connectivity index (χ0n) is 13.9. The molecule has 2 aromatic rings. The molecule has 1 amide bonds. The van der Waals surface area contributed by atoms with Crippen molar-refractivity contribution in [1.82, 2.24) is 0 Å². The molecule has 6 heteroatoms. The lowest BCUT2D eigenvalue weighted by atomic mass is 10.1. The zero-order chi connectivity index (χ0) is 17.7. The van der Waals surface area contributed by atoms with Gasteiger partial charge in [-0.2, -0.15) is 0 Å². The van der Waals surface area contributed by atoms with Gasteiger partial charge < -0.3 is 15.4 Å². The maximum Gasteiger partial charge on any atom is 0.226 e. The molecule has 0 radical (unpaired) electrons. The van der Waals surface area contributed by atoms with Gasteiger partial charge in [-0.25, -0.2) is 0 Å². The number of benzene rings is 2. The van der Waals surface area contributed by atoms with E-state index < -0.39 is 0 Å². The van der Waals surface area contributed by atoms with Gasteiger partial charge in [0.15, 0.2) is 0 Å². The minimum Gasteiger partial charge on any atom is -0.495 e. The minimum atomic E-state index is -0.114. The van der Waals surface area contributed by atoms with Crippen molar-refractivity contribution in [1.29, 1.82) is 0 Å². The highest BCUT2D eigenvalue weighted by Gasteiger charge is 2.10. The standard InChI is InChI=1S/C18H20Cl2N2O2/c1-11-8-12(2)18(14(20)9-11)22-17(23)6-7-21-15-10-13(19)4-5-16(15)24-3/h4-5,8-10,21H,6-7H2,1-3H3,(H,22,23). The number of methoxy groups -OCH3 is 1. The molecular weight excluding hydrogens is 347 g/mol. The lowest BCUT2D eigenvalue weighted by molar-refractivity contribution is -0.115. The monoisotopic (exact) mass is 366 g/mol. The van der Waals surface area contributed by atoms with E-state index >= 15 is 0 Å². The van der Waals surface area contributed by atoms with E-state index in [0.29, 0.717) is 34.4 Å². The molecule has 0 aliphatic rings. The van der Waals surface area contributed by atoms with Crippen LogP contribution < -0.4 is 15.4 Å². The minimum absolute atomic E-state index is 0.114. The summed E-state index contributed by atoms with van der Waals surface area (Å²) in [6.45, 7) is 4.33. The number of carbonyl (C=O) groups excluding carboxylic acids is 1. The summed E-state index contributed by atoms with van der Waals surface area (Å²) in [7, 11) is 1.59. The molecule has 4 nitrogen and oxygen atoms in total. The molecule has 0 aliphatic heterocycles. The Morgan fingerprint density at radius 1 is 1.17 bits per heavy atom. The summed E-state index contributed by atoms with van der Waals surface area (Å²) in [6.07, 6.45) is 0.291. The number of nitrogens with one attached hydrogen (secondary N) is 2. The number of carbonyl (C=O) groups is 1. The molecule has 0 bridgehead atoms. The predicted molar refractivity (Wildman–Crippen MR) is 101 cm³/mol. The van der Waals surface area contributed by atoms with Gasteiger partial charge in [-0.1, -0.05) is 29.3 Å². The fourth-order valence-electron chi connectivity index (χ4n) is 2.41. The van der Waals surface area contributed by atoms with E-state index in [9.17, 15) is 4.79 Å². The van der Waals surface area contributed by atoms with Crippen LogP contribution in [0.25, 0.3) is 0 Å². The quantitative estimate of drug-likeness (QED) is 0.750. The Hall–Kier alpha value is -1.91. The first-order valence-corrected chi connectivity index (χ1v) is 8.30. The third kappa shape index (κ3) is 4.79.